The van der Waals surface area contributed by atoms with E-state index in [1.54, 1.807) is 0 Å². The SMILES string of the molecule is CC(NCC1CCN(C2CC2)C1)c1ccc(Br)cc1. The van der Waals surface area contributed by atoms with Gasteiger partial charge in [-0.05, 0) is 62.9 Å². The Hall–Kier alpha value is -0.380. The van der Waals surface area contributed by atoms with E-state index >= 15 is 0 Å². The van der Waals surface area contributed by atoms with Crippen molar-refractivity contribution in [3.05, 3.63) is 34.3 Å². The van der Waals surface area contributed by atoms with Crippen molar-refractivity contribution in [2.24, 2.45) is 5.92 Å². The average molecular weight is 323 g/mol. The van der Waals surface area contributed by atoms with Crippen LogP contribution in [0.25, 0.3) is 0 Å². The average Bonchev–Trinajstić information content (AvgIpc) is 3.16. The topological polar surface area (TPSA) is 15.3 Å². The van der Waals surface area contributed by atoms with Crippen molar-refractivity contribution in [3.63, 3.8) is 0 Å². The lowest BCUT2D eigenvalue weighted by atomic mass is 10.1. The van der Waals surface area contributed by atoms with E-state index in [0.717, 1.165) is 23.0 Å². The predicted octanol–water partition coefficient (Wildman–Crippen LogP) is 3.58. The lowest BCUT2D eigenvalue weighted by Gasteiger charge is -2.18. The van der Waals surface area contributed by atoms with Crippen molar-refractivity contribution in [1.29, 1.82) is 0 Å². The van der Waals surface area contributed by atoms with Gasteiger partial charge in [0.15, 0.2) is 0 Å². The predicted molar refractivity (Wildman–Crippen MR) is 83.3 cm³/mol. The Labute approximate surface area is 124 Å². The van der Waals surface area contributed by atoms with Crippen LogP contribution in [0.4, 0.5) is 0 Å². The molecule has 1 N–H and O–H groups in total. The molecule has 1 heterocycles. The van der Waals surface area contributed by atoms with Gasteiger partial charge in [-0.3, -0.25) is 0 Å². The van der Waals surface area contributed by atoms with E-state index in [1.807, 2.05) is 0 Å². The minimum atomic E-state index is 0.447. The molecule has 0 radical (unpaired) electrons. The summed E-state index contributed by atoms with van der Waals surface area (Å²) in [6, 6.07) is 10.0. The number of likely N-dealkylation sites (tertiary alicyclic amines) is 1. The number of rotatable bonds is 5. The zero-order chi connectivity index (χ0) is 13.2. The lowest BCUT2D eigenvalue weighted by molar-refractivity contribution is 0.310. The third-order valence-corrected chi connectivity index (χ3v) is 4.99. The van der Waals surface area contributed by atoms with Gasteiger partial charge in [-0.1, -0.05) is 28.1 Å². The van der Waals surface area contributed by atoms with Crippen molar-refractivity contribution in [3.8, 4) is 0 Å². The monoisotopic (exact) mass is 322 g/mol. The maximum atomic E-state index is 3.70. The van der Waals surface area contributed by atoms with Gasteiger partial charge in [0.2, 0.25) is 0 Å². The number of halogens is 1. The quantitative estimate of drug-likeness (QED) is 0.891. The summed E-state index contributed by atoms with van der Waals surface area (Å²) in [5, 5.41) is 3.70. The van der Waals surface area contributed by atoms with Gasteiger partial charge in [0.1, 0.15) is 0 Å². The molecule has 104 valence electrons. The Bertz CT molecular complexity index is 413. The molecule has 0 spiro atoms. The number of benzene rings is 1. The van der Waals surface area contributed by atoms with Crippen LogP contribution in [-0.4, -0.2) is 30.6 Å². The first-order chi connectivity index (χ1) is 9.22. The number of hydrogen-bond donors (Lipinski definition) is 1. The summed E-state index contributed by atoms with van der Waals surface area (Å²) in [6.07, 6.45) is 4.25. The molecule has 3 rings (SSSR count). The summed E-state index contributed by atoms with van der Waals surface area (Å²) in [6.45, 7) is 6.05. The molecule has 1 aliphatic carbocycles. The molecule has 2 unspecified atom stereocenters. The van der Waals surface area contributed by atoms with Crippen molar-refractivity contribution in [2.45, 2.75) is 38.3 Å². The van der Waals surface area contributed by atoms with Crippen molar-refractivity contribution < 1.29 is 0 Å². The second-order valence-electron chi connectivity index (χ2n) is 6.06. The molecule has 0 amide bonds. The summed E-state index contributed by atoms with van der Waals surface area (Å²) in [5.41, 5.74) is 1.38. The van der Waals surface area contributed by atoms with Gasteiger partial charge < -0.3 is 10.2 Å². The lowest BCUT2D eigenvalue weighted by Crippen LogP contribution is -2.29. The molecule has 2 nitrogen and oxygen atoms in total. The van der Waals surface area contributed by atoms with E-state index in [1.165, 1.54) is 37.9 Å². The molecule has 0 bridgehead atoms. The molecule has 0 aromatic heterocycles. The first-order valence-electron chi connectivity index (χ1n) is 7.45. The Morgan fingerprint density at radius 1 is 1.26 bits per heavy atom. The third kappa shape index (κ3) is 3.59. The summed E-state index contributed by atoms with van der Waals surface area (Å²) in [5.74, 6) is 0.846. The van der Waals surface area contributed by atoms with E-state index in [-0.39, 0.29) is 0 Å². The molecule has 1 saturated carbocycles. The van der Waals surface area contributed by atoms with Crippen LogP contribution in [0.1, 0.15) is 37.8 Å². The fourth-order valence-corrected chi connectivity index (χ4v) is 3.28. The molecule has 19 heavy (non-hydrogen) atoms. The van der Waals surface area contributed by atoms with Gasteiger partial charge in [0, 0.05) is 23.1 Å². The Kier molecular flexibility index (Phi) is 4.25. The molecule has 2 atom stereocenters. The van der Waals surface area contributed by atoms with Crippen molar-refractivity contribution in [2.75, 3.05) is 19.6 Å². The van der Waals surface area contributed by atoms with Crippen LogP contribution in [-0.2, 0) is 0 Å². The van der Waals surface area contributed by atoms with Gasteiger partial charge >= 0.3 is 0 Å². The first kappa shape index (κ1) is 13.6. The second kappa shape index (κ2) is 5.94. The van der Waals surface area contributed by atoms with Gasteiger partial charge in [-0.15, -0.1) is 0 Å². The molecule has 2 aliphatic rings. The maximum absolute atomic E-state index is 3.70. The maximum Gasteiger partial charge on any atom is 0.0291 e. The first-order valence-corrected chi connectivity index (χ1v) is 8.24. The van der Waals surface area contributed by atoms with E-state index < -0.39 is 0 Å². The number of nitrogens with one attached hydrogen (secondary N) is 1. The standard InChI is InChI=1S/C16H23BrN2/c1-12(14-2-4-15(17)5-3-14)18-10-13-8-9-19(11-13)16-6-7-16/h2-5,12-13,16,18H,6-11H2,1H3. The normalized spacial score (nSPS) is 25.7. The highest BCUT2D eigenvalue weighted by Gasteiger charge is 2.34. The Morgan fingerprint density at radius 3 is 2.68 bits per heavy atom. The van der Waals surface area contributed by atoms with Crippen LogP contribution in [0.15, 0.2) is 28.7 Å². The molecule has 2 fully saturated rings. The van der Waals surface area contributed by atoms with Crippen molar-refractivity contribution >= 4 is 15.9 Å². The van der Waals surface area contributed by atoms with Gasteiger partial charge in [0.25, 0.3) is 0 Å². The van der Waals surface area contributed by atoms with E-state index in [2.05, 4.69) is 57.3 Å². The van der Waals surface area contributed by atoms with E-state index in [0.29, 0.717) is 6.04 Å². The fourth-order valence-electron chi connectivity index (χ4n) is 3.01. The molecule has 1 aromatic carbocycles. The summed E-state index contributed by atoms with van der Waals surface area (Å²) in [7, 11) is 0. The Balaban J connectivity index is 1.45. The minimum Gasteiger partial charge on any atom is -0.310 e. The van der Waals surface area contributed by atoms with Crippen LogP contribution in [0.2, 0.25) is 0 Å². The van der Waals surface area contributed by atoms with Crippen molar-refractivity contribution in [1.82, 2.24) is 10.2 Å². The molecule has 3 heteroatoms. The van der Waals surface area contributed by atoms with Gasteiger partial charge in [-0.25, -0.2) is 0 Å². The zero-order valence-corrected chi connectivity index (χ0v) is 13.2. The van der Waals surface area contributed by atoms with E-state index in [4.69, 9.17) is 0 Å². The largest absolute Gasteiger partial charge is 0.310 e. The van der Waals surface area contributed by atoms with Crippen LogP contribution < -0.4 is 5.32 Å². The minimum absolute atomic E-state index is 0.447. The van der Waals surface area contributed by atoms with Gasteiger partial charge in [0.05, 0.1) is 0 Å². The summed E-state index contributed by atoms with van der Waals surface area (Å²) in [4.78, 5) is 2.69. The highest BCUT2D eigenvalue weighted by molar-refractivity contribution is 9.10. The molecule has 1 aliphatic heterocycles. The second-order valence-corrected chi connectivity index (χ2v) is 6.98. The number of nitrogens with zero attached hydrogens (tertiary/aromatic N) is 1. The van der Waals surface area contributed by atoms with Crippen LogP contribution in [0, 0.1) is 5.92 Å². The van der Waals surface area contributed by atoms with Crippen LogP contribution >= 0.6 is 15.9 Å². The van der Waals surface area contributed by atoms with Crippen LogP contribution in [0.3, 0.4) is 0 Å². The summed E-state index contributed by atoms with van der Waals surface area (Å²) >= 11 is 3.49. The smallest absolute Gasteiger partial charge is 0.0291 e. The molecular formula is C16H23BrN2. The molecular weight excluding hydrogens is 300 g/mol. The zero-order valence-electron chi connectivity index (χ0n) is 11.6. The third-order valence-electron chi connectivity index (χ3n) is 4.46. The fraction of sp³-hybridized carbons (Fsp3) is 0.625. The highest BCUT2D eigenvalue weighted by Crippen LogP contribution is 2.31. The molecule has 1 aromatic rings. The van der Waals surface area contributed by atoms with Gasteiger partial charge in [-0.2, -0.15) is 0 Å². The number of hydrogen-bond acceptors (Lipinski definition) is 2. The highest BCUT2D eigenvalue weighted by atomic mass is 79.9. The Morgan fingerprint density at radius 2 is 2.00 bits per heavy atom. The van der Waals surface area contributed by atoms with E-state index in [9.17, 15) is 0 Å². The van der Waals surface area contributed by atoms with Crippen LogP contribution in [0.5, 0.6) is 0 Å². The molecule has 1 saturated heterocycles. The summed E-state index contributed by atoms with van der Waals surface area (Å²) < 4.78 is 1.15.